The largest absolute Gasteiger partial charge is 0.462 e. The van der Waals surface area contributed by atoms with Gasteiger partial charge in [-0.3, -0.25) is 9.59 Å². The molecule has 0 saturated carbocycles. The number of aromatic nitrogens is 2. The number of nitrogens with one attached hydrogen (secondary N) is 2. The van der Waals surface area contributed by atoms with Crippen LogP contribution in [0.5, 0.6) is 0 Å². The number of amides is 1. The molecule has 1 amide bonds. The van der Waals surface area contributed by atoms with Crippen molar-refractivity contribution < 1.29 is 14.3 Å². The lowest BCUT2D eigenvalue weighted by atomic mass is 10.1. The first-order valence-electron chi connectivity index (χ1n) is 10.8. The summed E-state index contributed by atoms with van der Waals surface area (Å²) in [7, 11) is 0. The maximum atomic E-state index is 12.6. The highest BCUT2D eigenvalue weighted by atomic mass is 32.2. The lowest BCUT2D eigenvalue weighted by Gasteiger charge is -2.11. The third-order valence-corrected chi connectivity index (χ3v) is 5.79. The van der Waals surface area contributed by atoms with Gasteiger partial charge in [-0.05, 0) is 31.0 Å². The Labute approximate surface area is 197 Å². The summed E-state index contributed by atoms with van der Waals surface area (Å²) in [5.41, 5.74) is 2.74. The summed E-state index contributed by atoms with van der Waals surface area (Å²) >= 11 is 1.13. The van der Waals surface area contributed by atoms with E-state index in [1.165, 1.54) is 0 Å². The molecule has 0 fully saturated rings. The number of benzene rings is 2. The van der Waals surface area contributed by atoms with Gasteiger partial charge in [0.1, 0.15) is 0 Å². The molecule has 172 valence electrons. The number of ether oxygens (including phenoxy) is 1. The maximum Gasteiger partial charge on any atom is 0.340 e. The summed E-state index contributed by atoms with van der Waals surface area (Å²) in [4.78, 5) is 44.6. The summed E-state index contributed by atoms with van der Waals surface area (Å²) in [5.74, 6) is -0.760. The van der Waals surface area contributed by atoms with Crippen LogP contribution in [-0.4, -0.2) is 34.2 Å². The predicted molar refractivity (Wildman–Crippen MR) is 130 cm³/mol. The number of anilines is 1. The van der Waals surface area contributed by atoms with Crippen LogP contribution in [0.25, 0.3) is 0 Å². The van der Waals surface area contributed by atoms with E-state index in [1.54, 1.807) is 31.2 Å². The molecule has 0 aliphatic carbocycles. The molecule has 1 aromatic heterocycles. The second kappa shape index (κ2) is 12.0. The van der Waals surface area contributed by atoms with E-state index in [4.69, 9.17) is 4.74 Å². The minimum absolute atomic E-state index is 0.0274. The SMILES string of the molecule is CCCCOC(=O)c1ccccc1NC(=O)CSc1nc(C)c(Cc2ccccc2)c(=O)[nH]1. The Kier molecular flexibility index (Phi) is 8.83. The Morgan fingerprint density at radius 3 is 2.55 bits per heavy atom. The zero-order valence-corrected chi connectivity index (χ0v) is 19.5. The first-order chi connectivity index (χ1) is 16.0. The number of carbonyl (C=O) groups excluding carboxylic acids is 2. The van der Waals surface area contributed by atoms with Crippen molar-refractivity contribution >= 4 is 29.3 Å². The smallest absolute Gasteiger partial charge is 0.340 e. The van der Waals surface area contributed by atoms with E-state index in [2.05, 4.69) is 15.3 Å². The van der Waals surface area contributed by atoms with Crippen LogP contribution in [0.1, 0.15) is 46.9 Å². The predicted octanol–water partition coefficient (Wildman–Crippen LogP) is 4.36. The molecule has 0 unspecified atom stereocenters. The van der Waals surface area contributed by atoms with Crippen molar-refractivity contribution in [2.24, 2.45) is 0 Å². The summed E-state index contributed by atoms with van der Waals surface area (Å²) in [5, 5.41) is 3.12. The molecule has 0 radical (unpaired) electrons. The number of hydrogen-bond acceptors (Lipinski definition) is 6. The van der Waals surface area contributed by atoms with Crippen molar-refractivity contribution in [2.45, 2.75) is 38.3 Å². The van der Waals surface area contributed by atoms with E-state index in [-0.39, 0.29) is 17.2 Å². The lowest BCUT2D eigenvalue weighted by molar-refractivity contribution is -0.113. The van der Waals surface area contributed by atoms with Crippen LogP contribution in [0.2, 0.25) is 0 Å². The number of unbranched alkanes of at least 4 members (excludes halogenated alkanes) is 1. The number of esters is 1. The molecule has 0 spiro atoms. The number of para-hydroxylation sites is 1. The number of hydrogen-bond donors (Lipinski definition) is 2. The molecule has 2 N–H and O–H groups in total. The Hall–Kier alpha value is -3.39. The zero-order valence-electron chi connectivity index (χ0n) is 18.7. The number of H-pyrrole nitrogens is 1. The Morgan fingerprint density at radius 1 is 1.09 bits per heavy atom. The third-order valence-electron chi connectivity index (χ3n) is 4.92. The van der Waals surface area contributed by atoms with Gasteiger partial charge in [0.2, 0.25) is 5.91 Å². The molecule has 3 rings (SSSR count). The standard InChI is InChI=1S/C25H27N3O4S/c1-3-4-14-32-24(31)19-12-8-9-13-21(19)27-22(29)16-33-25-26-17(2)20(23(30)28-25)15-18-10-6-5-7-11-18/h5-13H,3-4,14-16H2,1-2H3,(H,27,29)(H,26,28,30). The molecule has 0 saturated heterocycles. The molecular formula is C25H27N3O4S. The van der Waals surface area contributed by atoms with Crippen LogP contribution in [0, 0.1) is 6.92 Å². The van der Waals surface area contributed by atoms with Gasteiger partial charge < -0.3 is 15.0 Å². The van der Waals surface area contributed by atoms with Gasteiger partial charge in [0.05, 0.1) is 23.6 Å². The fourth-order valence-electron chi connectivity index (χ4n) is 3.14. The van der Waals surface area contributed by atoms with Crippen LogP contribution in [-0.2, 0) is 16.0 Å². The van der Waals surface area contributed by atoms with Gasteiger partial charge in [-0.2, -0.15) is 0 Å². The molecule has 2 aromatic carbocycles. The lowest BCUT2D eigenvalue weighted by Crippen LogP contribution is -2.20. The van der Waals surface area contributed by atoms with E-state index in [1.807, 2.05) is 37.3 Å². The number of aryl methyl sites for hydroxylation is 1. The third kappa shape index (κ3) is 7.05. The maximum absolute atomic E-state index is 12.6. The van der Waals surface area contributed by atoms with E-state index < -0.39 is 5.97 Å². The molecule has 1 heterocycles. The fraction of sp³-hybridized carbons (Fsp3) is 0.280. The van der Waals surface area contributed by atoms with Crippen LogP contribution in [0.15, 0.2) is 64.5 Å². The van der Waals surface area contributed by atoms with Crippen LogP contribution in [0.3, 0.4) is 0 Å². The van der Waals surface area contributed by atoms with Crippen molar-refractivity contribution in [2.75, 3.05) is 17.7 Å². The van der Waals surface area contributed by atoms with Gasteiger partial charge in [0.25, 0.3) is 5.56 Å². The fourth-order valence-corrected chi connectivity index (χ4v) is 3.84. The van der Waals surface area contributed by atoms with E-state index >= 15 is 0 Å². The highest BCUT2D eigenvalue weighted by Crippen LogP contribution is 2.19. The normalized spacial score (nSPS) is 10.6. The first-order valence-corrected chi connectivity index (χ1v) is 11.8. The number of nitrogens with zero attached hydrogens (tertiary/aromatic N) is 1. The van der Waals surface area contributed by atoms with Crippen LogP contribution in [0.4, 0.5) is 5.69 Å². The van der Waals surface area contributed by atoms with Crippen LogP contribution >= 0.6 is 11.8 Å². The number of aromatic amines is 1. The van der Waals surface area contributed by atoms with E-state index in [0.29, 0.717) is 40.7 Å². The zero-order chi connectivity index (χ0) is 23.6. The van der Waals surface area contributed by atoms with Gasteiger partial charge in [-0.25, -0.2) is 9.78 Å². The van der Waals surface area contributed by atoms with Gasteiger partial charge in [0.15, 0.2) is 5.16 Å². The summed E-state index contributed by atoms with van der Waals surface area (Å²) < 4.78 is 5.25. The highest BCUT2D eigenvalue weighted by Gasteiger charge is 2.15. The quantitative estimate of drug-likeness (QED) is 0.200. The van der Waals surface area contributed by atoms with Gasteiger partial charge in [-0.15, -0.1) is 0 Å². The van der Waals surface area contributed by atoms with Crippen molar-refractivity contribution in [1.29, 1.82) is 0 Å². The van der Waals surface area contributed by atoms with Crippen molar-refractivity contribution in [3.05, 3.63) is 87.3 Å². The van der Waals surface area contributed by atoms with Crippen molar-refractivity contribution in [1.82, 2.24) is 9.97 Å². The molecule has 0 aliphatic heterocycles. The topological polar surface area (TPSA) is 101 Å². The molecule has 33 heavy (non-hydrogen) atoms. The highest BCUT2D eigenvalue weighted by molar-refractivity contribution is 7.99. The molecule has 3 aromatic rings. The van der Waals surface area contributed by atoms with Gasteiger partial charge >= 0.3 is 5.97 Å². The Bertz CT molecular complexity index is 1160. The first kappa shape index (κ1) is 24.3. The van der Waals surface area contributed by atoms with Gasteiger partial charge in [-0.1, -0.05) is 67.6 Å². The Balaban J connectivity index is 1.61. The number of rotatable bonds is 10. The number of thioether (sulfide) groups is 1. The van der Waals surface area contributed by atoms with Crippen molar-refractivity contribution in [3.8, 4) is 0 Å². The van der Waals surface area contributed by atoms with E-state index in [0.717, 1.165) is 30.2 Å². The van der Waals surface area contributed by atoms with Crippen LogP contribution < -0.4 is 10.9 Å². The average Bonchev–Trinajstić information content (AvgIpc) is 2.81. The average molecular weight is 466 g/mol. The van der Waals surface area contributed by atoms with Crippen molar-refractivity contribution in [3.63, 3.8) is 0 Å². The minimum Gasteiger partial charge on any atom is -0.462 e. The summed E-state index contributed by atoms with van der Waals surface area (Å²) in [6, 6.07) is 16.4. The number of carbonyl (C=O) groups is 2. The molecular weight excluding hydrogens is 438 g/mol. The van der Waals surface area contributed by atoms with E-state index in [9.17, 15) is 14.4 Å². The second-order valence-corrected chi connectivity index (χ2v) is 8.43. The molecule has 8 heteroatoms. The second-order valence-electron chi connectivity index (χ2n) is 7.47. The minimum atomic E-state index is -0.470. The molecule has 0 aliphatic rings. The Morgan fingerprint density at radius 2 is 1.82 bits per heavy atom. The molecule has 0 bridgehead atoms. The molecule has 0 atom stereocenters. The van der Waals surface area contributed by atoms with Gasteiger partial charge in [0, 0.05) is 17.7 Å². The summed E-state index contributed by atoms with van der Waals surface area (Å²) in [6.07, 6.45) is 2.20. The molecule has 7 nitrogen and oxygen atoms in total. The summed E-state index contributed by atoms with van der Waals surface area (Å²) in [6.45, 7) is 4.14. The monoisotopic (exact) mass is 465 g/mol.